The highest BCUT2D eigenvalue weighted by Crippen LogP contribution is 2.46. The molecule has 0 bridgehead atoms. The molecule has 4 rings (SSSR count). The van der Waals surface area contributed by atoms with Crippen LogP contribution in [-0.2, 0) is 6.18 Å². The van der Waals surface area contributed by atoms with Crippen molar-refractivity contribution in [2.24, 2.45) is 5.18 Å². The van der Waals surface area contributed by atoms with Crippen LogP contribution in [0.15, 0.2) is 41.6 Å². The zero-order valence-electron chi connectivity index (χ0n) is 13.8. The van der Waals surface area contributed by atoms with Crippen LogP contribution >= 0.6 is 0 Å². The number of rotatable bonds is 3. The molecule has 0 spiro atoms. The maximum Gasteiger partial charge on any atom is 0.418 e. The Labute approximate surface area is 153 Å². The van der Waals surface area contributed by atoms with E-state index < -0.39 is 23.6 Å². The fraction of sp³-hybridized carbons (Fsp3) is 0.0556. The molecule has 4 N–H and O–H groups in total. The summed E-state index contributed by atoms with van der Waals surface area (Å²) in [4.78, 5) is 27.7. The predicted octanol–water partition coefficient (Wildman–Crippen LogP) is 5.14. The van der Waals surface area contributed by atoms with Crippen LogP contribution in [0.2, 0.25) is 0 Å². The van der Waals surface area contributed by atoms with Crippen molar-refractivity contribution < 1.29 is 28.2 Å². The molecule has 2 aromatic carbocycles. The van der Waals surface area contributed by atoms with E-state index in [1.54, 1.807) is 0 Å². The van der Waals surface area contributed by atoms with Crippen LogP contribution in [0, 0.1) is 4.91 Å². The van der Waals surface area contributed by atoms with Crippen molar-refractivity contribution in [3.05, 3.63) is 52.4 Å². The number of benzene rings is 2. The first-order chi connectivity index (χ1) is 13.2. The largest absolute Gasteiger partial charge is 0.494 e. The Bertz CT molecular complexity index is 1270. The van der Waals surface area contributed by atoms with Crippen LogP contribution in [0.1, 0.15) is 15.9 Å². The molecule has 142 valence electrons. The fourth-order valence-corrected chi connectivity index (χ4v) is 3.28. The van der Waals surface area contributed by atoms with Crippen LogP contribution in [0.5, 0.6) is 5.88 Å². The van der Waals surface area contributed by atoms with Gasteiger partial charge in [-0.15, -0.1) is 4.91 Å². The highest BCUT2D eigenvalue weighted by molar-refractivity contribution is 6.09. The standard InChI is InChI=1S/C18H10F3N3O4/c19-18(20,21)10-3-1-2-9-12(16(25)23-13(9)10)15-14(24-28)8-5-4-7(17(26)27)6-11(8)22-15/h1-6,22-23,25H,(H,26,27). The van der Waals surface area contributed by atoms with E-state index in [0.29, 0.717) is 0 Å². The monoisotopic (exact) mass is 389 g/mol. The van der Waals surface area contributed by atoms with Crippen molar-refractivity contribution in [3.8, 4) is 17.1 Å². The van der Waals surface area contributed by atoms with Gasteiger partial charge in [-0.2, -0.15) is 13.2 Å². The zero-order valence-corrected chi connectivity index (χ0v) is 13.8. The molecule has 0 saturated carbocycles. The van der Waals surface area contributed by atoms with Crippen LogP contribution in [-0.4, -0.2) is 26.2 Å². The van der Waals surface area contributed by atoms with Crippen LogP contribution < -0.4 is 0 Å². The van der Waals surface area contributed by atoms with Crippen molar-refractivity contribution >= 4 is 33.5 Å². The first kappa shape index (κ1) is 17.6. The lowest BCUT2D eigenvalue weighted by atomic mass is 10.0. The van der Waals surface area contributed by atoms with E-state index in [1.165, 1.54) is 30.3 Å². The van der Waals surface area contributed by atoms with E-state index >= 15 is 0 Å². The molecule has 10 heteroatoms. The zero-order chi connectivity index (χ0) is 20.2. The summed E-state index contributed by atoms with van der Waals surface area (Å²) >= 11 is 0. The van der Waals surface area contributed by atoms with Gasteiger partial charge in [0.05, 0.1) is 27.9 Å². The molecule has 0 radical (unpaired) electrons. The number of aromatic nitrogens is 2. The van der Waals surface area contributed by atoms with Gasteiger partial charge >= 0.3 is 12.1 Å². The lowest BCUT2D eigenvalue weighted by molar-refractivity contribution is -0.136. The van der Waals surface area contributed by atoms with Gasteiger partial charge in [-0.05, 0) is 29.4 Å². The molecule has 2 heterocycles. The Kier molecular flexibility index (Phi) is 3.67. The van der Waals surface area contributed by atoms with Gasteiger partial charge in [-0.3, -0.25) is 0 Å². The molecule has 2 aromatic heterocycles. The summed E-state index contributed by atoms with van der Waals surface area (Å²) in [5.41, 5.74) is -1.37. The number of carboxylic acids is 1. The number of alkyl halides is 3. The number of H-pyrrole nitrogens is 2. The Hall–Kier alpha value is -3.82. The maximum absolute atomic E-state index is 13.3. The molecule has 0 atom stereocenters. The third kappa shape index (κ3) is 2.49. The van der Waals surface area contributed by atoms with Crippen molar-refractivity contribution in [3.63, 3.8) is 0 Å². The van der Waals surface area contributed by atoms with Crippen molar-refractivity contribution in [1.29, 1.82) is 0 Å². The molecular weight excluding hydrogens is 379 g/mol. The summed E-state index contributed by atoms with van der Waals surface area (Å²) in [6, 6.07) is 7.31. The number of aromatic carboxylic acids is 1. The highest BCUT2D eigenvalue weighted by Gasteiger charge is 2.34. The van der Waals surface area contributed by atoms with E-state index in [4.69, 9.17) is 5.11 Å². The first-order valence-electron chi connectivity index (χ1n) is 7.86. The Balaban J connectivity index is 2.05. The number of hydrogen-bond donors (Lipinski definition) is 4. The number of halogens is 3. The van der Waals surface area contributed by atoms with Gasteiger partial charge in [0.15, 0.2) is 5.88 Å². The van der Waals surface area contributed by atoms with Crippen molar-refractivity contribution in [1.82, 2.24) is 9.97 Å². The maximum atomic E-state index is 13.3. The van der Waals surface area contributed by atoms with E-state index in [-0.39, 0.29) is 44.3 Å². The van der Waals surface area contributed by atoms with E-state index in [0.717, 1.165) is 6.07 Å². The molecule has 0 aliphatic rings. The minimum Gasteiger partial charge on any atom is -0.494 e. The third-order valence-electron chi connectivity index (χ3n) is 4.48. The van der Waals surface area contributed by atoms with E-state index in [9.17, 15) is 28.0 Å². The molecule has 0 aliphatic heterocycles. The Morgan fingerprint density at radius 3 is 2.46 bits per heavy atom. The molecule has 0 unspecified atom stereocenters. The Morgan fingerprint density at radius 2 is 1.82 bits per heavy atom. The second-order valence-electron chi connectivity index (χ2n) is 6.08. The summed E-state index contributed by atoms with van der Waals surface area (Å²) in [5, 5.41) is 22.6. The number of nitrogens with zero attached hydrogens (tertiary/aromatic N) is 1. The second kappa shape index (κ2) is 5.84. The quantitative estimate of drug-likeness (QED) is 0.363. The molecule has 0 saturated heterocycles. The molecule has 28 heavy (non-hydrogen) atoms. The van der Waals surface area contributed by atoms with Gasteiger partial charge in [0.1, 0.15) is 5.69 Å². The topological polar surface area (TPSA) is 119 Å². The fourth-order valence-electron chi connectivity index (χ4n) is 3.28. The average molecular weight is 389 g/mol. The van der Waals surface area contributed by atoms with Gasteiger partial charge in [-0.25, -0.2) is 4.79 Å². The van der Waals surface area contributed by atoms with Crippen LogP contribution in [0.3, 0.4) is 0 Å². The van der Waals surface area contributed by atoms with Gasteiger partial charge in [-0.1, -0.05) is 12.1 Å². The summed E-state index contributed by atoms with van der Waals surface area (Å²) in [6.07, 6.45) is -4.66. The SMILES string of the molecule is O=Nc1c(-c2c(O)[nH]c3c(C(F)(F)F)cccc23)[nH]c2cc(C(=O)O)ccc12. The van der Waals surface area contributed by atoms with Gasteiger partial charge in [0, 0.05) is 16.3 Å². The van der Waals surface area contributed by atoms with Crippen LogP contribution in [0.25, 0.3) is 33.1 Å². The molecule has 0 amide bonds. The summed E-state index contributed by atoms with van der Waals surface area (Å²) in [7, 11) is 0. The average Bonchev–Trinajstić information content (AvgIpc) is 3.15. The first-order valence-corrected chi connectivity index (χ1v) is 7.86. The van der Waals surface area contributed by atoms with Crippen LogP contribution in [0.4, 0.5) is 18.9 Å². The van der Waals surface area contributed by atoms with Crippen molar-refractivity contribution in [2.45, 2.75) is 6.18 Å². The number of carboxylic acid groups (broad SMARTS) is 1. The highest BCUT2D eigenvalue weighted by atomic mass is 19.4. The molecule has 7 nitrogen and oxygen atoms in total. The number of aromatic hydroxyl groups is 1. The smallest absolute Gasteiger partial charge is 0.418 e. The number of nitroso groups, excluding NO2 is 1. The number of aromatic amines is 2. The second-order valence-corrected chi connectivity index (χ2v) is 6.08. The Morgan fingerprint density at radius 1 is 1.07 bits per heavy atom. The number of para-hydroxylation sites is 1. The van der Waals surface area contributed by atoms with Gasteiger partial charge in [0.2, 0.25) is 0 Å². The normalized spacial score (nSPS) is 12.0. The van der Waals surface area contributed by atoms with E-state index in [2.05, 4.69) is 15.1 Å². The lowest BCUT2D eigenvalue weighted by Gasteiger charge is -2.07. The lowest BCUT2D eigenvalue weighted by Crippen LogP contribution is -2.05. The van der Waals surface area contributed by atoms with Crippen molar-refractivity contribution in [2.75, 3.05) is 0 Å². The minimum atomic E-state index is -4.66. The number of nitrogens with one attached hydrogen (secondary N) is 2. The number of fused-ring (bicyclic) bond motifs is 2. The van der Waals surface area contributed by atoms with Gasteiger partial charge < -0.3 is 20.2 Å². The summed E-state index contributed by atoms with van der Waals surface area (Å²) < 4.78 is 39.8. The minimum absolute atomic E-state index is 0.0180. The number of carbonyl (C=O) groups is 1. The summed E-state index contributed by atoms with van der Waals surface area (Å²) in [5.74, 6) is -1.77. The third-order valence-corrected chi connectivity index (χ3v) is 4.48. The summed E-state index contributed by atoms with van der Waals surface area (Å²) in [6.45, 7) is 0. The molecular formula is C18H10F3N3O4. The number of hydrogen-bond acceptors (Lipinski definition) is 4. The molecule has 0 aliphatic carbocycles. The van der Waals surface area contributed by atoms with Gasteiger partial charge in [0.25, 0.3) is 0 Å². The molecule has 0 fully saturated rings. The van der Waals surface area contributed by atoms with E-state index in [1.807, 2.05) is 0 Å². The molecule has 4 aromatic rings. The predicted molar refractivity (Wildman–Crippen MR) is 94.7 cm³/mol.